The number of hydrogen-bond donors (Lipinski definition) is 1. The molecule has 84 valence electrons. The van der Waals surface area contributed by atoms with Gasteiger partial charge in [-0.25, -0.2) is 4.79 Å². The first kappa shape index (κ1) is 14.0. The first-order valence-corrected chi connectivity index (χ1v) is 5.84. The lowest BCUT2D eigenvalue weighted by Crippen LogP contribution is -2.09. The fourth-order valence-electron chi connectivity index (χ4n) is 0.820. The van der Waals surface area contributed by atoms with Gasteiger partial charge in [-0.1, -0.05) is 41.9 Å². The summed E-state index contributed by atoms with van der Waals surface area (Å²) in [6.07, 6.45) is 0. The Labute approximate surface area is 98.2 Å². The number of ether oxygens (including phenoxy) is 1. The number of rotatable bonds is 4. The summed E-state index contributed by atoms with van der Waals surface area (Å²) in [5, 5.41) is 9.13. The second-order valence-corrected chi connectivity index (χ2v) is 3.02. The molecule has 3 nitrogen and oxygen atoms in total. The average molecular weight is 275 g/mol. The van der Waals surface area contributed by atoms with Gasteiger partial charge in [0.2, 0.25) is 0 Å². The molecule has 0 aliphatic heterocycles. The van der Waals surface area contributed by atoms with Gasteiger partial charge in [0.05, 0.1) is 0 Å². The summed E-state index contributed by atoms with van der Waals surface area (Å²) in [4.78, 5) is 10.2. The third-order valence-corrected chi connectivity index (χ3v) is 2.09. The van der Waals surface area contributed by atoms with Crippen molar-refractivity contribution in [3.8, 4) is 5.75 Å². The molecule has 1 aromatic rings. The van der Waals surface area contributed by atoms with Gasteiger partial charge in [0.25, 0.3) is 0 Å². The van der Waals surface area contributed by atoms with Crippen LogP contribution in [-0.4, -0.2) is 17.7 Å². The molecular weight excluding hydrogens is 260 g/mol. The highest BCUT2D eigenvalue weighted by molar-refractivity contribution is 9.08. The Hall–Kier alpha value is -1.03. The molecule has 0 aliphatic rings. The number of benzene rings is 1. The van der Waals surface area contributed by atoms with Crippen LogP contribution in [0.4, 0.5) is 0 Å². The zero-order valence-electron chi connectivity index (χ0n) is 8.87. The van der Waals surface area contributed by atoms with E-state index in [1.54, 1.807) is 12.1 Å². The maximum atomic E-state index is 10.2. The second kappa shape index (κ2) is 8.29. The standard InChI is InChI=1S/C9H9BrO3.C2H6/c10-5-7-1-3-8(4-2-7)13-6-9(11)12;1-2/h1-4H,5-6H2,(H,11,12);1-2H3. The monoisotopic (exact) mass is 274 g/mol. The van der Waals surface area contributed by atoms with E-state index in [9.17, 15) is 4.79 Å². The minimum absolute atomic E-state index is 0.298. The fourth-order valence-corrected chi connectivity index (χ4v) is 1.19. The van der Waals surface area contributed by atoms with Crippen LogP contribution in [-0.2, 0) is 10.1 Å². The molecule has 0 aliphatic carbocycles. The predicted octanol–water partition coefficient (Wildman–Crippen LogP) is 3.07. The molecule has 0 saturated heterocycles. The molecule has 0 saturated carbocycles. The van der Waals surface area contributed by atoms with Crippen molar-refractivity contribution in [2.75, 3.05) is 6.61 Å². The summed E-state index contributed by atoms with van der Waals surface area (Å²) in [6, 6.07) is 7.26. The summed E-state index contributed by atoms with van der Waals surface area (Å²) in [5.74, 6) is -0.392. The van der Waals surface area contributed by atoms with Gasteiger partial charge in [-0.15, -0.1) is 0 Å². The zero-order valence-corrected chi connectivity index (χ0v) is 10.5. The molecule has 1 rings (SSSR count). The number of aliphatic carboxylic acids is 1. The second-order valence-electron chi connectivity index (χ2n) is 2.46. The van der Waals surface area contributed by atoms with Crippen molar-refractivity contribution in [1.82, 2.24) is 0 Å². The van der Waals surface area contributed by atoms with Gasteiger partial charge in [-0.05, 0) is 17.7 Å². The molecule has 0 radical (unpaired) electrons. The average Bonchev–Trinajstić information content (AvgIpc) is 2.30. The Kier molecular flexibility index (Phi) is 7.72. The predicted molar refractivity (Wildman–Crippen MR) is 63.6 cm³/mol. The van der Waals surface area contributed by atoms with E-state index in [1.165, 1.54) is 0 Å². The van der Waals surface area contributed by atoms with E-state index in [0.29, 0.717) is 5.75 Å². The van der Waals surface area contributed by atoms with Crippen LogP contribution in [0.2, 0.25) is 0 Å². The highest BCUT2D eigenvalue weighted by Gasteiger charge is 1.98. The highest BCUT2D eigenvalue weighted by Crippen LogP contribution is 2.13. The minimum atomic E-state index is -0.968. The Balaban J connectivity index is 0.000000921. The molecule has 15 heavy (non-hydrogen) atoms. The number of halogens is 1. The van der Waals surface area contributed by atoms with Crippen molar-refractivity contribution >= 4 is 21.9 Å². The van der Waals surface area contributed by atoms with Crippen molar-refractivity contribution < 1.29 is 14.6 Å². The lowest BCUT2D eigenvalue weighted by molar-refractivity contribution is -0.139. The molecule has 0 heterocycles. The van der Waals surface area contributed by atoms with Gasteiger partial charge in [-0.3, -0.25) is 0 Å². The van der Waals surface area contributed by atoms with E-state index in [0.717, 1.165) is 10.9 Å². The molecule has 0 amide bonds. The van der Waals surface area contributed by atoms with E-state index in [1.807, 2.05) is 26.0 Å². The Morgan fingerprint density at radius 3 is 2.27 bits per heavy atom. The summed E-state index contributed by atoms with van der Waals surface area (Å²) in [6.45, 7) is 3.70. The maximum absolute atomic E-state index is 10.2. The quantitative estimate of drug-likeness (QED) is 0.859. The van der Waals surface area contributed by atoms with Crippen LogP contribution in [0.25, 0.3) is 0 Å². The molecule has 0 aromatic heterocycles. The van der Waals surface area contributed by atoms with Gasteiger partial charge < -0.3 is 9.84 Å². The van der Waals surface area contributed by atoms with Crippen LogP contribution in [0.15, 0.2) is 24.3 Å². The zero-order chi connectivity index (χ0) is 11.7. The third kappa shape index (κ3) is 6.12. The molecule has 0 bridgehead atoms. The van der Waals surface area contributed by atoms with Gasteiger partial charge >= 0.3 is 5.97 Å². The topological polar surface area (TPSA) is 46.5 Å². The Morgan fingerprint density at radius 1 is 1.33 bits per heavy atom. The number of carboxylic acids is 1. The smallest absolute Gasteiger partial charge is 0.341 e. The molecule has 1 N–H and O–H groups in total. The summed E-state index contributed by atoms with van der Waals surface area (Å²) in [5.41, 5.74) is 1.13. The summed E-state index contributed by atoms with van der Waals surface area (Å²) in [7, 11) is 0. The number of carbonyl (C=O) groups is 1. The lowest BCUT2D eigenvalue weighted by Gasteiger charge is -2.02. The normalized spacial score (nSPS) is 8.73. The van der Waals surface area contributed by atoms with Crippen LogP contribution in [0.1, 0.15) is 19.4 Å². The first-order chi connectivity index (χ1) is 7.22. The van der Waals surface area contributed by atoms with Crippen molar-refractivity contribution in [2.45, 2.75) is 19.2 Å². The van der Waals surface area contributed by atoms with Crippen molar-refractivity contribution in [1.29, 1.82) is 0 Å². The van der Waals surface area contributed by atoms with Crippen molar-refractivity contribution in [3.05, 3.63) is 29.8 Å². The summed E-state index contributed by atoms with van der Waals surface area (Å²) >= 11 is 3.31. The van der Waals surface area contributed by atoms with Gasteiger partial charge in [0.15, 0.2) is 6.61 Å². The highest BCUT2D eigenvalue weighted by atomic mass is 79.9. The summed E-state index contributed by atoms with van der Waals surface area (Å²) < 4.78 is 4.95. The first-order valence-electron chi connectivity index (χ1n) is 4.72. The lowest BCUT2D eigenvalue weighted by atomic mass is 10.2. The van der Waals surface area contributed by atoms with E-state index in [2.05, 4.69) is 15.9 Å². The molecular formula is C11H15BrO3. The van der Waals surface area contributed by atoms with Crippen LogP contribution in [0, 0.1) is 0 Å². The SMILES string of the molecule is CC.O=C(O)COc1ccc(CBr)cc1. The minimum Gasteiger partial charge on any atom is -0.482 e. The van der Waals surface area contributed by atoms with Gasteiger partial charge in [0.1, 0.15) is 5.75 Å². The molecule has 0 fully saturated rings. The van der Waals surface area contributed by atoms with Crippen LogP contribution < -0.4 is 4.74 Å². The van der Waals surface area contributed by atoms with Crippen LogP contribution >= 0.6 is 15.9 Å². The maximum Gasteiger partial charge on any atom is 0.341 e. The number of carboxylic acid groups (broad SMARTS) is 1. The van der Waals surface area contributed by atoms with E-state index in [4.69, 9.17) is 9.84 Å². The van der Waals surface area contributed by atoms with Gasteiger partial charge in [0, 0.05) is 5.33 Å². The van der Waals surface area contributed by atoms with Crippen LogP contribution in [0.3, 0.4) is 0 Å². The number of hydrogen-bond acceptors (Lipinski definition) is 2. The van der Waals surface area contributed by atoms with Crippen molar-refractivity contribution in [3.63, 3.8) is 0 Å². The molecule has 4 heteroatoms. The van der Waals surface area contributed by atoms with Crippen LogP contribution in [0.5, 0.6) is 5.75 Å². The Morgan fingerprint density at radius 2 is 1.87 bits per heavy atom. The van der Waals surface area contributed by atoms with Gasteiger partial charge in [-0.2, -0.15) is 0 Å². The van der Waals surface area contributed by atoms with E-state index >= 15 is 0 Å². The number of alkyl halides is 1. The largest absolute Gasteiger partial charge is 0.482 e. The van der Waals surface area contributed by atoms with E-state index in [-0.39, 0.29) is 6.61 Å². The molecule has 0 unspecified atom stereocenters. The molecule has 0 spiro atoms. The third-order valence-electron chi connectivity index (χ3n) is 1.44. The fraction of sp³-hybridized carbons (Fsp3) is 0.364. The molecule has 0 atom stereocenters. The molecule has 1 aromatic carbocycles. The van der Waals surface area contributed by atoms with Crippen molar-refractivity contribution in [2.24, 2.45) is 0 Å². The Bertz CT molecular complexity index is 282. The van der Waals surface area contributed by atoms with E-state index < -0.39 is 5.97 Å².